The van der Waals surface area contributed by atoms with Crippen molar-refractivity contribution in [3.05, 3.63) is 35.5 Å². The van der Waals surface area contributed by atoms with E-state index in [0.717, 1.165) is 25.4 Å². The number of carbonyl (C=O) groups excluding carboxylic acids is 2. The Bertz CT molecular complexity index is 266. The van der Waals surface area contributed by atoms with Gasteiger partial charge in [0.25, 0.3) is 0 Å². The van der Waals surface area contributed by atoms with Crippen molar-refractivity contribution in [3.63, 3.8) is 0 Å². The molecule has 0 heterocycles. The molecule has 0 bridgehead atoms. The molecule has 0 N–H and O–H groups in total. The minimum atomic E-state index is 0.588. The van der Waals surface area contributed by atoms with Crippen LogP contribution in [0.4, 0.5) is 0 Å². The highest BCUT2D eigenvalue weighted by Crippen LogP contribution is 2.04. The van der Waals surface area contributed by atoms with Crippen molar-refractivity contribution in [3.8, 4) is 0 Å². The lowest BCUT2D eigenvalue weighted by molar-refractivity contribution is -0.108. The third-order valence-electron chi connectivity index (χ3n) is 2.19. The number of hydrogen-bond acceptors (Lipinski definition) is 2. The van der Waals surface area contributed by atoms with E-state index in [1.54, 1.807) is 0 Å². The second kappa shape index (κ2) is 10.1. The van der Waals surface area contributed by atoms with E-state index in [9.17, 15) is 9.59 Å². The van der Waals surface area contributed by atoms with E-state index in [1.165, 1.54) is 11.1 Å². The van der Waals surface area contributed by atoms with Crippen LogP contribution in [0.2, 0.25) is 0 Å². The zero-order valence-corrected chi connectivity index (χ0v) is 10.1. The maximum Gasteiger partial charge on any atom is 0.120 e. The van der Waals surface area contributed by atoms with Crippen LogP contribution in [-0.4, -0.2) is 12.6 Å². The summed E-state index contributed by atoms with van der Waals surface area (Å²) >= 11 is 0. The molecule has 0 unspecified atom stereocenters. The maximum atomic E-state index is 10.1. The van der Waals surface area contributed by atoms with Gasteiger partial charge < -0.3 is 9.59 Å². The Morgan fingerprint density at radius 1 is 0.812 bits per heavy atom. The maximum absolute atomic E-state index is 10.1. The Morgan fingerprint density at radius 2 is 1.19 bits per heavy atom. The molecule has 0 saturated heterocycles. The SMILES string of the molecule is CC(=CC=CC=C(C)CCC=O)CCC=O. The summed E-state index contributed by atoms with van der Waals surface area (Å²) in [5.74, 6) is 0. The van der Waals surface area contributed by atoms with Gasteiger partial charge >= 0.3 is 0 Å². The number of rotatable bonds is 8. The molecule has 0 amide bonds. The van der Waals surface area contributed by atoms with E-state index >= 15 is 0 Å². The molecule has 0 rings (SSSR count). The van der Waals surface area contributed by atoms with Crippen molar-refractivity contribution in [1.82, 2.24) is 0 Å². The second-order valence-electron chi connectivity index (χ2n) is 3.82. The first-order chi connectivity index (χ1) is 7.70. The van der Waals surface area contributed by atoms with E-state index in [4.69, 9.17) is 0 Å². The molecule has 16 heavy (non-hydrogen) atoms. The van der Waals surface area contributed by atoms with Crippen molar-refractivity contribution >= 4 is 12.6 Å². The Morgan fingerprint density at radius 3 is 1.50 bits per heavy atom. The molecule has 2 heteroatoms. The van der Waals surface area contributed by atoms with Gasteiger partial charge in [0.05, 0.1) is 0 Å². The predicted molar refractivity (Wildman–Crippen MR) is 67.3 cm³/mol. The van der Waals surface area contributed by atoms with E-state index < -0.39 is 0 Å². The number of allylic oxidation sites excluding steroid dienone is 6. The van der Waals surface area contributed by atoms with Crippen molar-refractivity contribution in [1.29, 1.82) is 0 Å². The first-order valence-electron chi connectivity index (χ1n) is 5.57. The summed E-state index contributed by atoms with van der Waals surface area (Å²) in [5.41, 5.74) is 2.39. The Labute approximate surface area is 97.7 Å². The summed E-state index contributed by atoms with van der Waals surface area (Å²) in [5, 5.41) is 0. The first kappa shape index (κ1) is 14.6. The molecular weight excluding hydrogens is 200 g/mol. The molecule has 0 fully saturated rings. The average Bonchev–Trinajstić information content (AvgIpc) is 2.29. The zero-order chi connectivity index (χ0) is 12.2. The Balaban J connectivity index is 3.98. The van der Waals surface area contributed by atoms with E-state index in [1.807, 2.05) is 38.2 Å². The van der Waals surface area contributed by atoms with E-state index in [0.29, 0.717) is 12.8 Å². The van der Waals surface area contributed by atoms with Gasteiger partial charge in [0.15, 0.2) is 0 Å². The Hall–Kier alpha value is -1.44. The highest BCUT2D eigenvalue weighted by Gasteiger charge is 1.87. The van der Waals surface area contributed by atoms with Crippen molar-refractivity contribution < 1.29 is 9.59 Å². The van der Waals surface area contributed by atoms with Gasteiger partial charge in [-0.3, -0.25) is 0 Å². The smallest absolute Gasteiger partial charge is 0.120 e. The lowest BCUT2D eigenvalue weighted by atomic mass is 10.1. The van der Waals surface area contributed by atoms with Crippen LogP contribution in [0, 0.1) is 0 Å². The molecular formula is C14H20O2. The quantitative estimate of drug-likeness (QED) is 0.464. The summed E-state index contributed by atoms with van der Waals surface area (Å²) in [6, 6.07) is 0. The van der Waals surface area contributed by atoms with Gasteiger partial charge in [0, 0.05) is 12.8 Å². The number of hydrogen-bond donors (Lipinski definition) is 0. The topological polar surface area (TPSA) is 34.1 Å². The first-order valence-corrected chi connectivity index (χ1v) is 5.57. The summed E-state index contributed by atoms with van der Waals surface area (Å²) < 4.78 is 0. The normalized spacial score (nSPS) is 13.1. The van der Waals surface area contributed by atoms with E-state index in [2.05, 4.69) is 0 Å². The van der Waals surface area contributed by atoms with Crippen LogP contribution in [0.1, 0.15) is 39.5 Å². The van der Waals surface area contributed by atoms with Crippen LogP contribution in [0.5, 0.6) is 0 Å². The molecule has 2 nitrogen and oxygen atoms in total. The monoisotopic (exact) mass is 220 g/mol. The lowest BCUT2D eigenvalue weighted by Gasteiger charge is -1.94. The summed E-state index contributed by atoms with van der Waals surface area (Å²) in [4.78, 5) is 20.3. The fourth-order valence-corrected chi connectivity index (χ4v) is 1.18. The van der Waals surface area contributed by atoms with Gasteiger partial charge in [0.1, 0.15) is 12.6 Å². The second-order valence-corrected chi connectivity index (χ2v) is 3.82. The standard InChI is InChI=1S/C14H20O2/c1-13(9-5-11-15)7-3-4-8-14(2)10-6-12-16/h3-4,7-8,11-12H,5-6,9-10H2,1-2H3. The Kier molecular flexibility index (Phi) is 9.18. The molecule has 0 aliphatic carbocycles. The molecule has 0 aliphatic rings. The van der Waals surface area contributed by atoms with Crippen LogP contribution in [0.25, 0.3) is 0 Å². The lowest BCUT2D eigenvalue weighted by Crippen LogP contribution is -1.79. The number of aldehydes is 2. The van der Waals surface area contributed by atoms with E-state index in [-0.39, 0.29) is 0 Å². The van der Waals surface area contributed by atoms with Gasteiger partial charge in [-0.15, -0.1) is 0 Å². The van der Waals surface area contributed by atoms with Crippen LogP contribution >= 0.6 is 0 Å². The van der Waals surface area contributed by atoms with Crippen molar-refractivity contribution in [2.24, 2.45) is 0 Å². The fourth-order valence-electron chi connectivity index (χ4n) is 1.18. The summed E-state index contributed by atoms with van der Waals surface area (Å²) in [7, 11) is 0. The van der Waals surface area contributed by atoms with Crippen molar-refractivity contribution in [2.75, 3.05) is 0 Å². The molecule has 0 radical (unpaired) electrons. The molecule has 88 valence electrons. The molecule has 0 aromatic carbocycles. The molecule has 0 atom stereocenters. The minimum absolute atomic E-state index is 0.588. The van der Waals surface area contributed by atoms with Crippen LogP contribution < -0.4 is 0 Å². The third kappa shape index (κ3) is 9.13. The fraction of sp³-hybridized carbons (Fsp3) is 0.429. The zero-order valence-electron chi connectivity index (χ0n) is 10.1. The summed E-state index contributed by atoms with van der Waals surface area (Å²) in [6.45, 7) is 4.02. The predicted octanol–water partition coefficient (Wildman–Crippen LogP) is 3.39. The van der Waals surface area contributed by atoms with Gasteiger partial charge in [-0.1, -0.05) is 35.5 Å². The average molecular weight is 220 g/mol. The highest BCUT2D eigenvalue weighted by molar-refractivity contribution is 5.50. The number of carbonyl (C=O) groups is 2. The van der Waals surface area contributed by atoms with Gasteiger partial charge in [0.2, 0.25) is 0 Å². The molecule has 0 saturated carbocycles. The summed E-state index contributed by atoms with van der Waals surface area (Å²) in [6.07, 6.45) is 12.6. The molecule has 0 aromatic rings. The van der Waals surface area contributed by atoms with Crippen LogP contribution in [-0.2, 0) is 9.59 Å². The van der Waals surface area contributed by atoms with Gasteiger partial charge in [-0.05, 0) is 26.7 Å². The molecule has 0 spiro atoms. The van der Waals surface area contributed by atoms with Gasteiger partial charge in [-0.2, -0.15) is 0 Å². The highest BCUT2D eigenvalue weighted by atomic mass is 16.1. The third-order valence-corrected chi connectivity index (χ3v) is 2.19. The molecule has 0 aliphatic heterocycles. The molecule has 0 aromatic heterocycles. The van der Waals surface area contributed by atoms with Gasteiger partial charge in [-0.25, -0.2) is 0 Å². The largest absolute Gasteiger partial charge is 0.303 e. The van der Waals surface area contributed by atoms with Crippen LogP contribution in [0.3, 0.4) is 0 Å². The van der Waals surface area contributed by atoms with Crippen LogP contribution in [0.15, 0.2) is 35.5 Å². The van der Waals surface area contributed by atoms with Crippen molar-refractivity contribution in [2.45, 2.75) is 39.5 Å². The minimum Gasteiger partial charge on any atom is -0.303 e.